The lowest BCUT2D eigenvalue weighted by Crippen LogP contribution is -1.89. The third-order valence-corrected chi connectivity index (χ3v) is 5.09. The quantitative estimate of drug-likeness (QED) is 0.412. The first-order chi connectivity index (χ1) is 11.8. The molecule has 0 aliphatic heterocycles. The van der Waals surface area contributed by atoms with Gasteiger partial charge in [0.15, 0.2) is 0 Å². The summed E-state index contributed by atoms with van der Waals surface area (Å²) >= 11 is 0. The van der Waals surface area contributed by atoms with Crippen LogP contribution in [0, 0.1) is 0 Å². The van der Waals surface area contributed by atoms with Crippen LogP contribution in [0.5, 0.6) is 0 Å². The van der Waals surface area contributed by atoms with Crippen LogP contribution in [0.25, 0.3) is 11.1 Å². The van der Waals surface area contributed by atoms with Crippen molar-refractivity contribution in [2.24, 2.45) is 0 Å². The highest BCUT2D eigenvalue weighted by Gasteiger charge is 2.18. The van der Waals surface area contributed by atoms with Crippen LogP contribution in [-0.4, -0.2) is 0 Å². The fourth-order valence-electron chi connectivity index (χ4n) is 3.77. The molecule has 1 aliphatic rings. The molecule has 0 amide bonds. The normalized spacial score (nSPS) is 12.0. The minimum atomic E-state index is 1.01. The van der Waals surface area contributed by atoms with Crippen LogP contribution in [-0.2, 0) is 19.3 Å². The van der Waals surface area contributed by atoms with Crippen molar-refractivity contribution in [3.05, 3.63) is 94.5 Å². The summed E-state index contributed by atoms with van der Waals surface area (Å²) < 4.78 is 0. The SMILES string of the molecule is CCCCc1ccc2c(c1)Cc1ccc(Cc3ccccc3)cc1-2. The van der Waals surface area contributed by atoms with Gasteiger partial charge in [-0.1, -0.05) is 80.1 Å². The molecule has 0 saturated heterocycles. The smallest absolute Gasteiger partial charge is 0.00134 e. The lowest BCUT2D eigenvalue weighted by atomic mass is 9.98. The van der Waals surface area contributed by atoms with Crippen LogP contribution < -0.4 is 0 Å². The van der Waals surface area contributed by atoms with Crippen LogP contribution in [0.1, 0.15) is 47.6 Å². The summed E-state index contributed by atoms with van der Waals surface area (Å²) in [5.74, 6) is 0. The molecule has 0 nitrogen and oxygen atoms in total. The zero-order valence-corrected chi connectivity index (χ0v) is 14.4. The van der Waals surface area contributed by atoms with E-state index in [2.05, 4.69) is 73.7 Å². The van der Waals surface area contributed by atoms with Crippen molar-refractivity contribution in [2.45, 2.75) is 39.0 Å². The van der Waals surface area contributed by atoms with Gasteiger partial charge in [-0.05, 0) is 64.6 Å². The second-order valence-corrected chi connectivity index (χ2v) is 6.93. The Labute approximate surface area is 145 Å². The molecular formula is C24H24. The fraction of sp³-hybridized carbons (Fsp3) is 0.250. The van der Waals surface area contributed by atoms with Crippen LogP contribution in [0.3, 0.4) is 0 Å². The molecule has 0 heteroatoms. The van der Waals surface area contributed by atoms with E-state index in [0.29, 0.717) is 0 Å². The lowest BCUT2D eigenvalue weighted by molar-refractivity contribution is 0.794. The summed E-state index contributed by atoms with van der Waals surface area (Å²) in [6.07, 6.45) is 5.86. The summed E-state index contributed by atoms with van der Waals surface area (Å²) in [4.78, 5) is 0. The first kappa shape index (κ1) is 15.2. The predicted octanol–water partition coefficient (Wildman–Crippen LogP) is 6.19. The zero-order chi connectivity index (χ0) is 16.4. The highest BCUT2D eigenvalue weighted by Crippen LogP contribution is 2.38. The van der Waals surface area contributed by atoms with Crippen molar-refractivity contribution >= 4 is 0 Å². The molecule has 4 rings (SSSR count). The van der Waals surface area contributed by atoms with E-state index >= 15 is 0 Å². The fourth-order valence-corrected chi connectivity index (χ4v) is 3.77. The standard InChI is InChI=1S/C24H24/c1-2-3-7-19-11-13-23-22(15-19)17-21-12-10-20(16-24(21)23)14-18-8-5-4-6-9-18/h4-6,8-13,15-16H,2-3,7,14,17H2,1H3. The monoisotopic (exact) mass is 312 g/mol. The third-order valence-electron chi connectivity index (χ3n) is 5.09. The molecule has 0 spiro atoms. The molecule has 0 N–H and O–H groups in total. The Bertz CT molecular complexity index is 843. The van der Waals surface area contributed by atoms with E-state index in [9.17, 15) is 0 Å². The molecular weight excluding hydrogens is 288 g/mol. The number of hydrogen-bond acceptors (Lipinski definition) is 0. The predicted molar refractivity (Wildman–Crippen MR) is 103 cm³/mol. The van der Waals surface area contributed by atoms with Crippen LogP contribution in [0.15, 0.2) is 66.7 Å². The highest BCUT2D eigenvalue weighted by molar-refractivity contribution is 5.77. The summed E-state index contributed by atoms with van der Waals surface area (Å²) in [5, 5.41) is 0. The Balaban J connectivity index is 1.62. The number of rotatable bonds is 5. The van der Waals surface area contributed by atoms with Gasteiger partial charge in [0.05, 0.1) is 0 Å². The molecule has 120 valence electrons. The van der Waals surface area contributed by atoms with Crippen molar-refractivity contribution in [1.29, 1.82) is 0 Å². The number of fused-ring (bicyclic) bond motifs is 3. The first-order valence-corrected chi connectivity index (χ1v) is 9.11. The Morgan fingerprint density at radius 3 is 2.38 bits per heavy atom. The second kappa shape index (κ2) is 6.65. The van der Waals surface area contributed by atoms with Crippen molar-refractivity contribution in [3.63, 3.8) is 0 Å². The highest BCUT2D eigenvalue weighted by atomic mass is 14.2. The van der Waals surface area contributed by atoms with E-state index in [4.69, 9.17) is 0 Å². The number of unbranched alkanes of at least 4 members (excludes halogenated alkanes) is 1. The number of benzene rings is 3. The van der Waals surface area contributed by atoms with Crippen molar-refractivity contribution in [2.75, 3.05) is 0 Å². The maximum atomic E-state index is 2.43. The van der Waals surface area contributed by atoms with Crippen LogP contribution >= 0.6 is 0 Å². The van der Waals surface area contributed by atoms with Crippen molar-refractivity contribution in [3.8, 4) is 11.1 Å². The molecule has 1 aliphatic carbocycles. The van der Waals surface area contributed by atoms with Gasteiger partial charge in [0.1, 0.15) is 0 Å². The largest absolute Gasteiger partial charge is 0.0654 e. The Kier molecular flexibility index (Phi) is 4.21. The van der Waals surface area contributed by atoms with Gasteiger partial charge in [-0.3, -0.25) is 0 Å². The average Bonchev–Trinajstić information content (AvgIpc) is 2.98. The molecule has 0 fully saturated rings. The molecule has 0 heterocycles. The van der Waals surface area contributed by atoms with E-state index in [0.717, 1.165) is 12.8 Å². The van der Waals surface area contributed by atoms with E-state index in [1.54, 1.807) is 0 Å². The first-order valence-electron chi connectivity index (χ1n) is 9.11. The van der Waals surface area contributed by atoms with Gasteiger partial charge in [0.25, 0.3) is 0 Å². The third kappa shape index (κ3) is 3.01. The lowest BCUT2D eigenvalue weighted by Gasteiger charge is -2.07. The molecule has 3 aromatic rings. The van der Waals surface area contributed by atoms with E-state index in [1.165, 1.54) is 58.2 Å². The van der Waals surface area contributed by atoms with Crippen LogP contribution in [0.4, 0.5) is 0 Å². The van der Waals surface area contributed by atoms with Gasteiger partial charge in [0, 0.05) is 0 Å². The average molecular weight is 312 g/mol. The minimum absolute atomic E-state index is 1.01. The summed E-state index contributed by atoms with van der Waals surface area (Å²) in [6.45, 7) is 2.26. The van der Waals surface area contributed by atoms with Crippen molar-refractivity contribution in [1.82, 2.24) is 0 Å². The van der Waals surface area contributed by atoms with Crippen LogP contribution in [0.2, 0.25) is 0 Å². The van der Waals surface area contributed by atoms with Crippen molar-refractivity contribution < 1.29 is 0 Å². The Morgan fingerprint density at radius 1 is 0.708 bits per heavy atom. The Hall–Kier alpha value is -2.34. The Morgan fingerprint density at radius 2 is 1.54 bits per heavy atom. The molecule has 0 radical (unpaired) electrons. The van der Waals surface area contributed by atoms with Gasteiger partial charge in [0.2, 0.25) is 0 Å². The molecule has 0 bridgehead atoms. The maximum Gasteiger partial charge on any atom is -0.00134 e. The zero-order valence-electron chi connectivity index (χ0n) is 14.4. The maximum absolute atomic E-state index is 2.43. The summed E-state index contributed by atoms with van der Waals surface area (Å²) in [7, 11) is 0. The molecule has 24 heavy (non-hydrogen) atoms. The second-order valence-electron chi connectivity index (χ2n) is 6.93. The molecule has 3 aromatic carbocycles. The molecule has 0 aromatic heterocycles. The minimum Gasteiger partial charge on any atom is -0.0654 e. The van der Waals surface area contributed by atoms with E-state index in [1.807, 2.05) is 0 Å². The van der Waals surface area contributed by atoms with Gasteiger partial charge in [-0.15, -0.1) is 0 Å². The number of hydrogen-bond donors (Lipinski definition) is 0. The summed E-state index contributed by atoms with van der Waals surface area (Å²) in [5.41, 5.74) is 10.2. The molecule has 0 saturated carbocycles. The van der Waals surface area contributed by atoms with Gasteiger partial charge in [-0.25, -0.2) is 0 Å². The molecule has 0 unspecified atom stereocenters. The van der Waals surface area contributed by atoms with E-state index < -0.39 is 0 Å². The summed E-state index contributed by atoms with van der Waals surface area (Å²) in [6, 6.07) is 24.9. The van der Waals surface area contributed by atoms with E-state index in [-0.39, 0.29) is 0 Å². The molecule has 0 atom stereocenters. The van der Waals surface area contributed by atoms with Gasteiger partial charge < -0.3 is 0 Å². The van der Waals surface area contributed by atoms with Gasteiger partial charge >= 0.3 is 0 Å². The number of aryl methyl sites for hydroxylation is 1. The topological polar surface area (TPSA) is 0 Å². The van der Waals surface area contributed by atoms with Gasteiger partial charge in [-0.2, -0.15) is 0 Å².